The average Bonchev–Trinajstić information content (AvgIpc) is 3.61. The Kier molecular flexibility index (Phi) is 9.35. The quantitative estimate of drug-likeness (QED) is 0.246. The molecule has 3 aromatic rings. The highest BCUT2D eigenvalue weighted by Gasteiger charge is 2.80. The van der Waals surface area contributed by atoms with Crippen molar-refractivity contribution in [2.45, 2.75) is 50.1 Å². The van der Waals surface area contributed by atoms with E-state index in [0.29, 0.717) is 29.2 Å². The third-order valence-corrected chi connectivity index (χ3v) is 10.9. The van der Waals surface area contributed by atoms with Crippen LogP contribution < -0.4 is 4.90 Å². The van der Waals surface area contributed by atoms with Crippen LogP contribution in [0.2, 0.25) is 5.02 Å². The molecular weight excluding hydrogens is 626 g/mol. The number of aliphatic hydroxyl groups is 1. The molecule has 0 saturated carbocycles. The molecule has 0 aromatic heterocycles. The second-order valence-electron chi connectivity index (χ2n) is 13.2. The maximum Gasteiger partial charge on any atom is 0.253 e. The number of ether oxygens (including phenoxy) is 1. The number of rotatable bonds is 12. The summed E-state index contributed by atoms with van der Waals surface area (Å²) < 4.78 is 7.03. The SMILES string of the molecule is C=CCN(Cc1ccccc1)C(=O)[C@H]1[C@H]2C(=O)N([C@H](CO)c3ccccc3)C(C(=O)N(CC=C)c3ccccc3Cl)C23CC(C)[C@]1(C)O3. The first kappa shape index (κ1) is 33.7. The Balaban J connectivity index is 1.50. The van der Waals surface area contributed by atoms with Crippen molar-refractivity contribution in [2.24, 2.45) is 17.8 Å². The summed E-state index contributed by atoms with van der Waals surface area (Å²) in [5, 5.41) is 11.3. The standard InChI is InChI=1S/C39H42ClN3O5/c1-5-21-41(24-27-15-9-7-10-16-27)35(45)32-33-36(46)43(31(25-44)28-17-11-8-12-18-28)34(39(33)23-26(3)38(32,4)48-39)37(47)42(22-6-2)30-20-14-13-19-29(30)40/h5-20,26,31-34,44H,1-2,21-25H2,3-4H3/t26?,31-,32-,33+,34?,38+,39?/m1/s1. The van der Waals surface area contributed by atoms with Crippen LogP contribution in [-0.4, -0.2) is 69.6 Å². The number of para-hydroxylation sites is 1. The summed E-state index contributed by atoms with van der Waals surface area (Å²) in [5.41, 5.74) is -0.271. The van der Waals surface area contributed by atoms with Crippen molar-refractivity contribution in [1.82, 2.24) is 9.80 Å². The number of benzene rings is 3. The van der Waals surface area contributed by atoms with E-state index in [1.54, 1.807) is 41.3 Å². The Hall–Kier alpha value is -4.24. The maximum absolute atomic E-state index is 15.1. The summed E-state index contributed by atoms with van der Waals surface area (Å²) in [6, 6.07) is 23.9. The van der Waals surface area contributed by atoms with Crippen LogP contribution in [0, 0.1) is 17.8 Å². The van der Waals surface area contributed by atoms with E-state index >= 15 is 9.59 Å². The molecule has 3 aliphatic heterocycles. The van der Waals surface area contributed by atoms with Crippen molar-refractivity contribution in [1.29, 1.82) is 0 Å². The van der Waals surface area contributed by atoms with Gasteiger partial charge in [0.15, 0.2) is 0 Å². The summed E-state index contributed by atoms with van der Waals surface area (Å²) in [7, 11) is 0. The van der Waals surface area contributed by atoms with Crippen molar-refractivity contribution >= 4 is 35.0 Å². The number of likely N-dealkylation sites (tertiary alicyclic amines) is 1. The Morgan fingerprint density at radius 3 is 2.25 bits per heavy atom. The number of nitrogens with zero attached hydrogens (tertiary/aromatic N) is 3. The Morgan fingerprint density at radius 1 is 1.00 bits per heavy atom. The minimum atomic E-state index is -1.34. The maximum atomic E-state index is 15.1. The summed E-state index contributed by atoms with van der Waals surface area (Å²) in [6.07, 6.45) is 3.67. The fraction of sp³-hybridized carbons (Fsp3) is 0.359. The molecule has 250 valence electrons. The Morgan fingerprint density at radius 2 is 1.62 bits per heavy atom. The van der Waals surface area contributed by atoms with E-state index in [4.69, 9.17) is 16.3 Å². The molecule has 3 saturated heterocycles. The first-order chi connectivity index (χ1) is 23.1. The first-order valence-corrected chi connectivity index (χ1v) is 16.8. The van der Waals surface area contributed by atoms with Gasteiger partial charge >= 0.3 is 0 Å². The summed E-state index contributed by atoms with van der Waals surface area (Å²) >= 11 is 6.65. The molecule has 3 amide bonds. The van der Waals surface area contributed by atoms with E-state index in [1.165, 1.54) is 9.80 Å². The van der Waals surface area contributed by atoms with Gasteiger partial charge < -0.3 is 24.5 Å². The molecule has 48 heavy (non-hydrogen) atoms. The monoisotopic (exact) mass is 667 g/mol. The van der Waals surface area contributed by atoms with Gasteiger partial charge in [0, 0.05) is 19.6 Å². The molecule has 9 heteroatoms. The number of fused-ring (bicyclic) bond motifs is 1. The highest BCUT2D eigenvalue weighted by molar-refractivity contribution is 6.34. The molecule has 1 spiro atoms. The molecule has 2 bridgehead atoms. The van der Waals surface area contributed by atoms with Crippen molar-refractivity contribution in [3.8, 4) is 0 Å². The van der Waals surface area contributed by atoms with Gasteiger partial charge in [-0.1, -0.05) is 103 Å². The van der Waals surface area contributed by atoms with Gasteiger partial charge in [-0.3, -0.25) is 14.4 Å². The van der Waals surface area contributed by atoms with Gasteiger partial charge in [0.2, 0.25) is 11.8 Å². The van der Waals surface area contributed by atoms with Crippen molar-refractivity contribution in [3.05, 3.63) is 126 Å². The van der Waals surface area contributed by atoms with Gasteiger partial charge in [0.1, 0.15) is 11.6 Å². The second-order valence-corrected chi connectivity index (χ2v) is 13.6. The fourth-order valence-electron chi connectivity index (χ4n) is 8.34. The number of hydrogen-bond donors (Lipinski definition) is 1. The highest BCUT2D eigenvalue weighted by Crippen LogP contribution is 2.66. The molecule has 3 unspecified atom stereocenters. The molecular formula is C39H42ClN3O5. The first-order valence-electron chi connectivity index (χ1n) is 16.4. The molecule has 6 rings (SSSR count). The number of halogens is 1. The molecule has 3 aliphatic rings. The number of anilines is 1. The zero-order valence-corrected chi connectivity index (χ0v) is 28.1. The summed E-state index contributed by atoms with van der Waals surface area (Å²) in [4.78, 5) is 49.8. The molecule has 8 nitrogen and oxygen atoms in total. The highest BCUT2D eigenvalue weighted by atomic mass is 35.5. The van der Waals surface area contributed by atoms with Crippen LogP contribution in [0.5, 0.6) is 0 Å². The van der Waals surface area contributed by atoms with E-state index < -0.39 is 47.6 Å². The normalized spacial score (nSPS) is 27.8. The molecule has 1 N–H and O–H groups in total. The molecule has 7 atom stereocenters. The molecule has 3 heterocycles. The minimum Gasteiger partial charge on any atom is -0.394 e. The lowest BCUT2D eigenvalue weighted by Gasteiger charge is -2.39. The molecule has 3 aromatic carbocycles. The zero-order valence-electron chi connectivity index (χ0n) is 27.4. The largest absolute Gasteiger partial charge is 0.394 e. The number of carbonyl (C=O) groups excluding carboxylic acids is 3. The molecule has 0 aliphatic carbocycles. The van der Waals surface area contributed by atoms with Crippen molar-refractivity contribution < 1.29 is 24.2 Å². The predicted molar refractivity (Wildman–Crippen MR) is 186 cm³/mol. The van der Waals surface area contributed by atoms with Crippen LogP contribution in [0.1, 0.15) is 37.4 Å². The van der Waals surface area contributed by atoms with Gasteiger partial charge in [0.05, 0.1) is 40.8 Å². The van der Waals surface area contributed by atoms with E-state index in [0.717, 1.165) is 5.56 Å². The summed E-state index contributed by atoms with van der Waals surface area (Å²) in [5.74, 6) is -3.02. The van der Waals surface area contributed by atoms with E-state index in [1.807, 2.05) is 74.5 Å². The van der Waals surface area contributed by atoms with Gasteiger partial charge in [-0.05, 0) is 42.5 Å². The third-order valence-electron chi connectivity index (χ3n) is 10.5. The van der Waals surface area contributed by atoms with Gasteiger partial charge in [-0.15, -0.1) is 13.2 Å². The van der Waals surface area contributed by atoms with Gasteiger partial charge in [-0.25, -0.2) is 0 Å². The van der Waals surface area contributed by atoms with Crippen LogP contribution in [0.15, 0.2) is 110 Å². The smallest absolute Gasteiger partial charge is 0.253 e. The van der Waals surface area contributed by atoms with Gasteiger partial charge in [0.25, 0.3) is 5.91 Å². The lowest BCUT2D eigenvalue weighted by atomic mass is 9.62. The number of aliphatic hydroxyl groups excluding tert-OH is 1. The predicted octanol–water partition coefficient (Wildman–Crippen LogP) is 5.82. The van der Waals surface area contributed by atoms with Crippen LogP contribution in [0.25, 0.3) is 0 Å². The molecule has 0 radical (unpaired) electrons. The zero-order chi connectivity index (χ0) is 34.2. The third kappa shape index (κ3) is 5.36. The Labute approximate surface area is 287 Å². The number of amides is 3. The van der Waals surface area contributed by atoms with Crippen LogP contribution in [-0.2, 0) is 25.7 Å². The van der Waals surface area contributed by atoms with E-state index in [9.17, 15) is 9.90 Å². The van der Waals surface area contributed by atoms with Crippen LogP contribution in [0.3, 0.4) is 0 Å². The lowest BCUT2D eigenvalue weighted by Crippen LogP contribution is -2.57. The average molecular weight is 668 g/mol. The molecule has 3 fully saturated rings. The van der Waals surface area contributed by atoms with E-state index in [2.05, 4.69) is 13.2 Å². The van der Waals surface area contributed by atoms with E-state index in [-0.39, 0.29) is 30.8 Å². The van der Waals surface area contributed by atoms with Crippen molar-refractivity contribution in [2.75, 3.05) is 24.6 Å². The topological polar surface area (TPSA) is 90.4 Å². The fourth-order valence-corrected chi connectivity index (χ4v) is 8.58. The van der Waals surface area contributed by atoms with Gasteiger partial charge in [-0.2, -0.15) is 0 Å². The second kappa shape index (κ2) is 13.3. The minimum absolute atomic E-state index is 0.121. The number of carbonyl (C=O) groups is 3. The lowest BCUT2D eigenvalue weighted by molar-refractivity contribution is -0.154. The van der Waals surface area contributed by atoms with Crippen LogP contribution >= 0.6 is 11.6 Å². The van der Waals surface area contributed by atoms with Crippen molar-refractivity contribution in [3.63, 3.8) is 0 Å². The number of hydrogen-bond acceptors (Lipinski definition) is 5. The van der Waals surface area contributed by atoms with Crippen LogP contribution in [0.4, 0.5) is 5.69 Å². The Bertz CT molecular complexity index is 1700. The summed E-state index contributed by atoms with van der Waals surface area (Å²) in [6.45, 7) is 12.0.